The number of hydrogen-bond donors (Lipinski definition) is 0. The number of hydrogen-bond acceptors (Lipinski definition) is 1. The Labute approximate surface area is 105 Å². The van der Waals surface area contributed by atoms with Crippen LogP contribution >= 0.6 is 0 Å². The van der Waals surface area contributed by atoms with Crippen molar-refractivity contribution in [2.75, 3.05) is 0 Å². The first-order valence-corrected chi connectivity index (χ1v) is 6.62. The van der Waals surface area contributed by atoms with Crippen molar-refractivity contribution in [3.8, 4) is 0 Å². The number of benzene rings is 1. The summed E-state index contributed by atoms with van der Waals surface area (Å²) in [5, 5.41) is 0. The van der Waals surface area contributed by atoms with Gasteiger partial charge in [-0.25, -0.2) is 8.78 Å². The van der Waals surface area contributed by atoms with E-state index in [1.54, 1.807) is 0 Å². The Morgan fingerprint density at radius 1 is 1.22 bits per heavy atom. The number of carbonyl (C=O) groups excluding carboxylic acids is 1. The molecular weight excluding hydrogens is 234 g/mol. The zero-order valence-corrected chi connectivity index (χ0v) is 10.2. The molecule has 96 valence electrons. The molecule has 0 aliphatic heterocycles. The Hall–Kier alpha value is -1.25. The molecule has 1 nitrogen and oxygen atoms in total. The second-order valence-electron chi connectivity index (χ2n) is 5.66. The van der Waals surface area contributed by atoms with E-state index < -0.39 is 11.6 Å². The van der Waals surface area contributed by atoms with E-state index >= 15 is 0 Å². The highest BCUT2D eigenvalue weighted by molar-refractivity contribution is 5.96. The Morgan fingerprint density at radius 2 is 2.06 bits per heavy atom. The third-order valence-electron chi connectivity index (χ3n) is 4.58. The van der Waals surface area contributed by atoms with Gasteiger partial charge in [-0.1, -0.05) is 12.5 Å². The molecule has 1 aromatic carbocycles. The van der Waals surface area contributed by atoms with Crippen LogP contribution in [0.3, 0.4) is 0 Å². The topological polar surface area (TPSA) is 17.1 Å². The average Bonchev–Trinajstić information content (AvgIpc) is 2.94. The average molecular weight is 250 g/mol. The molecule has 0 amide bonds. The normalized spacial score (nSPS) is 29.8. The zero-order valence-electron chi connectivity index (χ0n) is 10.2. The molecule has 0 radical (unpaired) electrons. The molecule has 0 saturated heterocycles. The van der Waals surface area contributed by atoms with Gasteiger partial charge in [0.2, 0.25) is 0 Å². The molecule has 0 heterocycles. The summed E-state index contributed by atoms with van der Waals surface area (Å²) in [6.45, 7) is 0. The van der Waals surface area contributed by atoms with E-state index in [2.05, 4.69) is 0 Å². The fraction of sp³-hybridized carbons (Fsp3) is 0.533. The van der Waals surface area contributed by atoms with Gasteiger partial charge in [-0.15, -0.1) is 0 Å². The molecule has 3 rings (SSSR count). The van der Waals surface area contributed by atoms with Crippen LogP contribution in [0.25, 0.3) is 0 Å². The van der Waals surface area contributed by atoms with Crippen molar-refractivity contribution < 1.29 is 13.6 Å². The highest BCUT2D eigenvalue weighted by Gasteiger charge is 2.40. The number of ketones is 1. The summed E-state index contributed by atoms with van der Waals surface area (Å²) in [6.07, 6.45) is 5.18. The molecule has 3 heteroatoms. The highest BCUT2D eigenvalue weighted by Crippen LogP contribution is 2.49. The van der Waals surface area contributed by atoms with Crippen molar-refractivity contribution in [3.63, 3.8) is 0 Å². The molecule has 2 aliphatic rings. The van der Waals surface area contributed by atoms with E-state index in [1.807, 2.05) is 0 Å². The van der Waals surface area contributed by atoms with E-state index in [9.17, 15) is 13.6 Å². The van der Waals surface area contributed by atoms with Crippen LogP contribution in [0, 0.1) is 29.4 Å². The van der Waals surface area contributed by atoms with Gasteiger partial charge in [0.1, 0.15) is 0 Å². The summed E-state index contributed by atoms with van der Waals surface area (Å²) in [4.78, 5) is 12.0. The van der Waals surface area contributed by atoms with Crippen LogP contribution in [0.4, 0.5) is 8.78 Å². The van der Waals surface area contributed by atoms with Crippen LogP contribution in [0.5, 0.6) is 0 Å². The number of carbonyl (C=O) groups is 1. The van der Waals surface area contributed by atoms with Crippen LogP contribution in [0.1, 0.15) is 42.5 Å². The van der Waals surface area contributed by atoms with E-state index in [-0.39, 0.29) is 11.3 Å². The number of Topliss-reactive ketones (excluding diaryl/α,β-unsaturated/α-hetero) is 1. The fourth-order valence-electron chi connectivity index (χ4n) is 3.69. The Morgan fingerprint density at radius 3 is 2.72 bits per heavy atom. The molecule has 2 fully saturated rings. The molecule has 18 heavy (non-hydrogen) atoms. The summed E-state index contributed by atoms with van der Waals surface area (Å²) >= 11 is 0. The van der Waals surface area contributed by atoms with E-state index in [1.165, 1.54) is 31.4 Å². The van der Waals surface area contributed by atoms with Gasteiger partial charge >= 0.3 is 0 Å². The Balaban J connectivity index is 1.73. The maximum atomic E-state index is 13.5. The smallest absolute Gasteiger partial charge is 0.169 e. The Kier molecular flexibility index (Phi) is 2.92. The van der Waals surface area contributed by atoms with Crippen molar-refractivity contribution in [2.24, 2.45) is 17.8 Å². The molecule has 2 bridgehead atoms. The lowest BCUT2D eigenvalue weighted by Gasteiger charge is -2.20. The maximum Gasteiger partial charge on any atom is 0.169 e. The number of halogens is 2. The first kappa shape index (κ1) is 11.8. The standard InChI is InChI=1S/C15H16F2O/c16-13-3-1-2-12(15(13)17)14(18)8-11-7-9-4-5-10(11)6-9/h1-3,9-11H,4-8H2. The molecule has 0 aromatic heterocycles. The monoisotopic (exact) mass is 250 g/mol. The van der Waals surface area contributed by atoms with Gasteiger partial charge in [0, 0.05) is 6.42 Å². The summed E-state index contributed by atoms with van der Waals surface area (Å²) in [5.41, 5.74) is -0.0854. The summed E-state index contributed by atoms with van der Waals surface area (Å²) in [6, 6.07) is 3.82. The maximum absolute atomic E-state index is 13.5. The molecule has 0 spiro atoms. The van der Waals surface area contributed by atoms with Crippen molar-refractivity contribution in [1.82, 2.24) is 0 Å². The van der Waals surface area contributed by atoms with Gasteiger partial charge in [-0.05, 0) is 49.1 Å². The third-order valence-corrected chi connectivity index (χ3v) is 4.58. The fourth-order valence-corrected chi connectivity index (χ4v) is 3.69. The van der Waals surface area contributed by atoms with Crippen molar-refractivity contribution in [3.05, 3.63) is 35.4 Å². The number of rotatable bonds is 3. The minimum atomic E-state index is -0.995. The van der Waals surface area contributed by atoms with Gasteiger partial charge in [-0.2, -0.15) is 0 Å². The minimum absolute atomic E-state index is 0.0854. The van der Waals surface area contributed by atoms with Crippen molar-refractivity contribution in [1.29, 1.82) is 0 Å². The molecular formula is C15H16F2O. The predicted molar refractivity (Wildman–Crippen MR) is 64.2 cm³/mol. The lowest BCUT2D eigenvalue weighted by molar-refractivity contribution is 0.0939. The second-order valence-corrected chi connectivity index (χ2v) is 5.66. The van der Waals surface area contributed by atoms with E-state index in [4.69, 9.17) is 0 Å². The first-order chi connectivity index (χ1) is 8.65. The molecule has 1 aromatic rings. The van der Waals surface area contributed by atoms with Crippen LogP contribution in [0.15, 0.2) is 18.2 Å². The summed E-state index contributed by atoms with van der Waals surface area (Å²) in [5.74, 6) is -0.386. The lowest BCUT2D eigenvalue weighted by Crippen LogP contribution is -2.16. The summed E-state index contributed by atoms with van der Waals surface area (Å²) < 4.78 is 26.6. The summed E-state index contributed by atoms with van der Waals surface area (Å²) in [7, 11) is 0. The van der Waals surface area contributed by atoms with Crippen LogP contribution in [-0.4, -0.2) is 5.78 Å². The first-order valence-electron chi connectivity index (χ1n) is 6.62. The minimum Gasteiger partial charge on any atom is -0.294 e. The molecule has 2 saturated carbocycles. The van der Waals surface area contributed by atoms with Crippen molar-refractivity contribution in [2.45, 2.75) is 32.1 Å². The van der Waals surface area contributed by atoms with Crippen LogP contribution in [-0.2, 0) is 0 Å². The predicted octanol–water partition coefficient (Wildman–Crippen LogP) is 3.97. The molecule has 3 unspecified atom stereocenters. The van der Waals surface area contributed by atoms with Gasteiger partial charge in [-0.3, -0.25) is 4.79 Å². The van der Waals surface area contributed by atoms with Gasteiger partial charge < -0.3 is 0 Å². The van der Waals surface area contributed by atoms with Crippen molar-refractivity contribution >= 4 is 5.78 Å². The zero-order chi connectivity index (χ0) is 12.7. The molecule has 3 atom stereocenters. The van der Waals surface area contributed by atoms with Crippen LogP contribution < -0.4 is 0 Å². The lowest BCUT2D eigenvalue weighted by atomic mass is 9.84. The number of fused-ring (bicyclic) bond motifs is 2. The van der Waals surface area contributed by atoms with Gasteiger partial charge in [0.15, 0.2) is 17.4 Å². The highest BCUT2D eigenvalue weighted by atomic mass is 19.2. The molecule has 2 aliphatic carbocycles. The van der Waals surface area contributed by atoms with Gasteiger partial charge in [0.25, 0.3) is 0 Å². The van der Waals surface area contributed by atoms with E-state index in [0.717, 1.165) is 18.4 Å². The van der Waals surface area contributed by atoms with E-state index in [0.29, 0.717) is 18.3 Å². The second kappa shape index (κ2) is 4.45. The molecule has 0 N–H and O–H groups in total. The quantitative estimate of drug-likeness (QED) is 0.742. The largest absolute Gasteiger partial charge is 0.294 e. The Bertz CT molecular complexity index is 483. The van der Waals surface area contributed by atoms with Crippen LogP contribution in [0.2, 0.25) is 0 Å². The third kappa shape index (κ3) is 1.96. The van der Waals surface area contributed by atoms with Gasteiger partial charge in [0.05, 0.1) is 5.56 Å². The SMILES string of the molecule is O=C(CC1CC2CCC1C2)c1cccc(F)c1F.